The van der Waals surface area contributed by atoms with Crippen molar-refractivity contribution in [3.05, 3.63) is 36.8 Å². The molecule has 38 heavy (non-hydrogen) atoms. The summed E-state index contributed by atoms with van der Waals surface area (Å²) in [5, 5.41) is 0.937. The monoisotopic (exact) mass is 518 g/mol. The Hall–Kier alpha value is -2.68. The molecule has 1 atom stereocenters. The highest BCUT2D eigenvalue weighted by molar-refractivity contribution is 6.00. The zero-order chi connectivity index (χ0) is 26.3. The number of hydrogen-bond donors (Lipinski definition) is 1. The van der Waals surface area contributed by atoms with Crippen molar-refractivity contribution in [2.75, 3.05) is 45.6 Å². The lowest BCUT2D eigenvalue weighted by Gasteiger charge is -2.41. The summed E-state index contributed by atoms with van der Waals surface area (Å²) in [5.41, 5.74) is 9.47. The quantitative estimate of drug-likeness (QED) is 0.504. The smallest absolute Gasteiger partial charge is 0.146 e. The predicted molar refractivity (Wildman–Crippen MR) is 151 cm³/mol. The number of likely N-dealkylation sites (N-methyl/N-ethyl adjacent to an activating group) is 1. The molecule has 2 N–H and O–H groups in total. The first-order valence-electron chi connectivity index (χ1n) is 14.3. The predicted octanol–water partition coefficient (Wildman–Crippen LogP) is 4.75. The molecule has 1 aromatic carbocycles. The van der Waals surface area contributed by atoms with Gasteiger partial charge in [0, 0.05) is 50.0 Å². The van der Waals surface area contributed by atoms with Gasteiger partial charge in [-0.2, -0.15) is 0 Å². The molecule has 8 nitrogen and oxygen atoms in total. The number of hydrogen-bond acceptors (Lipinski definition) is 7. The standard InChI is InChI=1S/C30H42N6O2/c1-30(2)12-11-25(38-30)19-37-24-6-4-5-21(17-24)26-18-36(29-27(26)28(31)32-20-33-29)23-9-7-22(8-10-23)35-15-13-34(3)14-16-35/h4-6,17-18,20,22-23,25H,7-16,19H2,1-3H3,(H2,31,32,33)/t22?,23?,25-/m1/s1. The number of fused-ring (bicyclic) bond motifs is 1. The zero-order valence-electron chi connectivity index (χ0n) is 23.1. The summed E-state index contributed by atoms with van der Waals surface area (Å²) in [7, 11) is 2.23. The van der Waals surface area contributed by atoms with E-state index in [1.165, 1.54) is 39.0 Å². The molecule has 0 bridgehead atoms. The van der Waals surface area contributed by atoms with Crippen LogP contribution < -0.4 is 10.5 Å². The Morgan fingerprint density at radius 1 is 1.03 bits per heavy atom. The van der Waals surface area contributed by atoms with Crippen molar-refractivity contribution >= 4 is 16.9 Å². The van der Waals surface area contributed by atoms with Crippen molar-refractivity contribution in [2.24, 2.45) is 0 Å². The minimum Gasteiger partial charge on any atom is -0.491 e. The first kappa shape index (κ1) is 25.6. The molecule has 2 aliphatic heterocycles. The van der Waals surface area contributed by atoms with Gasteiger partial charge >= 0.3 is 0 Å². The van der Waals surface area contributed by atoms with Gasteiger partial charge in [-0.15, -0.1) is 0 Å². The van der Waals surface area contributed by atoms with E-state index in [0.29, 0.717) is 24.5 Å². The second-order valence-electron chi connectivity index (χ2n) is 12.1. The number of aromatic nitrogens is 3. The molecule has 3 fully saturated rings. The second kappa shape index (κ2) is 10.5. The van der Waals surface area contributed by atoms with Gasteiger partial charge in [-0.1, -0.05) is 12.1 Å². The van der Waals surface area contributed by atoms with E-state index in [0.717, 1.165) is 53.6 Å². The van der Waals surface area contributed by atoms with Gasteiger partial charge in [0.1, 0.15) is 30.1 Å². The van der Waals surface area contributed by atoms with Crippen molar-refractivity contribution < 1.29 is 9.47 Å². The number of piperazine rings is 1. The maximum atomic E-state index is 6.45. The van der Waals surface area contributed by atoms with Crippen molar-refractivity contribution in [2.45, 2.75) is 76.2 Å². The van der Waals surface area contributed by atoms with Crippen LogP contribution in [0.1, 0.15) is 58.4 Å². The molecular weight excluding hydrogens is 476 g/mol. The third kappa shape index (κ3) is 5.26. The Morgan fingerprint density at radius 2 is 1.79 bits per heavy atom. The molecule has 6 rings (SSSR count). The van der Waals surface area contributed by atoms with Crippen LogP contribution in [0.3, 0.4) is 0 Å². The minimum atomic E-state index is -0.0567. The Morgan fingerprint density at radius 3 is 2.53 bits per heavy atom. The van der Waals surface area contributed by atoms with Crippen molar-refractivity contribution in [1.29, 1.82) is 0 Å². The fourth-order valence-corrected chi connectivity index (χ4v) is 6.63. The Labute approximate surface area is 226 Å². The van der Waals surface area contributed by atoms with Crippen LogP contribution >= 0.6 is 0 Å². The van der Waals surface area contributed by atoms with Gasteiger partial charge in [-0.3, -0.25) is 4.90 Å². The topological polar surface area (TPSA) is 81.7 Å². The van der Waals surface area contributed by atoms with E-state index in [1.54, 1.807) is 6.33 Å². The van der Waals surface area contributed by atoms with Crippen molar-refractivity contribution in [3.8, 4) is 16.9 Å². The number of nitrogen functional groups attached to an aromatic ring is 1. The molecule has 2 saturated heterocycles. The van der Waals surface area contributed by atoms with Gasteiger partial charge in [0.25, 0.3) is 0 Å². The summed E-state index contributed by atoms with van der Waals surface area (Å²) in [6.07, 6.45) is 10.9. The average Bonchev–Trinajstić information content (AvgIpc) is 3.49. The molecule has 0 amide bonds. The van der Waals surface area contributed by atoms with Crippen LogP contribution in [0.25, 0.3) is 22.2 Å². The highest BCUT2D eigenvalue weighted by Crippen LogP contribution is 2.39. The molecule has 0 unspecified atom stereocenters. The molecule has 2 aromatic heterocycles. The number of nitrogens with two attached hydrogens (primary N) is 1. The lowest BCUT2D eigenvalue weighted by Crippen LogP contribution is -2.49. The highest BCUT2D eigenvalue weighted by atomic mass is 16.6. The fraction of sp³-hybridized carbons (Fsp3) is 0.600. The van der Waals surface area contributed by atoms with E-state index in [9.17, 15) is 0 Å². The molecule has 1 aliphatic carbocycles. The third-order valence-corrected chi connectivity index (χ3v) is 8.89. The third-order valence-electron chi connectivity index (χ3n) is 8.89. The normalized spacial score (nSPS) is 26.7. The fourth-order valence-electron chi connectivity index (χ4n) is 6.63. The van der Waals surface area contributed by atoms with Crippen LogP contribution in [-0.2, 0) is 4.74 Å². The molecule has 204 valence electrons. The Bertz CT molecular complexity index is 1260. The van der Waals surface area contributed by atoms with Crippen LogP contribution in [-0.4, -0.2) is 81.9 Å². The van der Waals surface area contributed by atoms with Gasteiger partial charge in [0.2, 0.25) is 0 Å². The minimum absolute atomic E-state index is 0.0567. The van der Waals surface area contributed by atoms with E-state index < -0.39 is 0 Å². The number of anilines is 1. The molecular formula is C30H42N6O2. The van der Waals surface area contributed by atoms with Crippen LogP contribution in [0, 0.1) is 0 Å². The van der Waals surface area contributed by atoms with Gasteiger partial charge in [-0.05, 0) is 77.1 Å². The lowest BCUT2D eigenvalue weighted by molar-refractivity contribution is -0.0326. The largest absolute Gasteiger partial charge is 0.491 e. The van der Waals surface area contributed by atoms with Gasteiger partial charge in [-0.25, -0.2) is 9.97 Å². The summed E-state index contributed by atoms with van der Waals surface area (Å²) < 4.78 is 14.7. The van der Waals surface area contributed by atoms with E-state index in [4.69, 9.17) is 20.2 Å². The maximum absolute atomic E-state index is 6.45. The van der Waals surface area contributed by atoms with E-state index in [2.05, 4.69) is 64.6 Å². The van der Waals surface area contributed by atoms with E-state index in [1.807, 2.05) is 6.07 Å². The molecule has 0 spiro atoms. The Kier molecular flexibility index (Phi) is 7.05. The lowest BCUT2D eigenvalue weighted by atomic mass is 9.89. The summed E-state index contributed by atoms with van der Waals surface area (Å²) >= 11 is 0. The first-order valence-corrected chi connectivity index (χ1v) is 14.3. The van der Waals surface area contributed by atoms with Crippen LogP contribution in [0.5, 0.6) is 5.75 Å². The molecule has 4 heterocycles. The molecule has 1 saturated carbocycles. The highest BCUT2D eigenvalue weighted by Gasteiger charge is 2.32. The molecule has 8 heteroatoms. The maximum Gasteiger partial charge on any atom is 0.146 e. The zero-order valence-corrected chi connectivity index (χ0v) is 23.1. The summed E-state index contributed by atoms with van der Waals surface area (Å²) in [6.45, 7) is 9.59. The average molecular weight is 519 g/mol. The van der Waals surface area contributed by atoms with E-state index >= 15 is 0 Å². The summed E-state index contributed by atoms with van der Waals surface area (Å²) in [5.74, 6) is 1.38. The molecule has 3 aliphatic rings. The number of rotatable bonds is 6. The Balaban J connectivity index is 1.21. The summed E-state index contributed by atoms with van der Waals surface area (Å²) in [6, 6.07) is 9.42. The molecule has 3 aromatic rings. The number of ether oxygens (including phenoxy) is 2. The number of nitrogens with zero attached hydrogens (tertiary/aromatic N) is 5. The van der Waals surface area contributed by atoms with Crippen molar-refractivity contribution in [3.63, 3.8) is 0 Å². The summed E-state index contributed by atoms with van der Waals surface area (Å²) in [4.78, 5) is 14.2. The van der Waals surface area contributed by atoms with Crippen molar-refractivity contribution in [1.82, 2.24) is 24.3 Å². The van der Waals surface area contributed by atoms with E-state index in [-0.39, 0.29) is 11.7 Å². The van der Waals surface area contributed by atoms with Crippen LogP contribution in [0.2, 0.25) is 0 Å². The first-order chi connectivity index (χ1) is 18.4. The van der Waals surface area contributed by atoms with Gasteiger partial charge < -0.3 is 24.7 Å². The van der Waals surface area contributed by atoms with Gasteiger partial charge in [0.05, 0.1) is 17.1 Å². The number of benzene rings is 1. The second-order valence-corrected chi connectivity index (χ2v) is 12.1. The van der Waals surface area contributed by atoms with Gasteiger partial charge in [0.15, 0.2) is 0 Å². The SMILES string of the molecule is CN1CCN(C2CCC(n3cc(-c4cccc(OC[C@H]5CCC(C)(C)O5)c4)c4c(N)ncnc43)CC2)CC1. The van der Waals surface area contributed by atoms with Crippen LogP contribution in [0.15, 0.2) is 36.8 Å². The molecule has 0 radical (unpaired) electrons. The van der Waals surface area contributed by atoms with Crippen LogP contribution in [0.4, 0.5) is 5.82 Å².